The first-order chi connectivity index (χ1) is 9.01. The number of sulfonamides is 1. The maximum atomic E-state index is 12.2. The third-order valence-electron chi connectivity index (χ3n) is 2.47. The van der Waals surface area contributed by atoms with E-state index in [1.165, 1.54) is 31.2 Å². The smallest absolute Gasteiger partial charge is 0.295 e. The van der Waals surface area contributed by atoms with Gasteiger partial charge in [-0.3, -0.25) is 4.79 Å². The van der Waals surface area contributed by atoms with Crippen LogP contribution in [0.15, 0.2) is 29.2 Å². The van der Waals surface area contributed by atoms with E-state index < -0.39 is 28.7 Å². The Morgan fingerprint density at radius 2 is 1.75 bits per heavy atom. The fraction of sp³-hybridized carbons (Fsp3) is 0.417. The number of Topliss-reactive ketones (excluding diaryl/α,β-unsaturated/α-hetero) is 1. The third kappa shape index (κ3) is 4.93. The summed E-state index contributed by atoms with van der Waals surface area (Å²) < 4.78 is 62.1. The summed E-state index contributed by atoms with van der Waals surface area (Å²) in [7, 11) is -4.04. The maximum Gasteiger partial charge on any atom is 0.390 e. The number of benzene rings is 1. The first-order valence-corrected chi connectivity index (χ1v) is 7.20. The lowest BCUT2D eigenvalue weighted by Gasteiger charge is -2.16. The summed E-state index contributed by atoms with van der Waals surface area (Å²) in [6, 6.07) is 3.71. The zero-order valence-corrected chi connectivity index (χ0v) is 11.7. The van der Waals surface area contributed by atoms with Gasteiger partial charge in [-0.15, -0.1) is 0 Å². The quantitative estimate of drug-likeness (QED) is 0.850. The van der Waals surface area contributed by atoms with Crippen molar-refractivity contribution in [3.05, 3.63) is 29.8 Å². The highest BCUT2D eigenvalue weighted by Crippen LogP contribution is 2.22. The number of halogens is 3. The number of carbonyl (C=O) groups is 1. The zero-order chi connectivity index (χ0) is 15.6. The van der Waals surface area contributed by atoms with Gasteiger partial charge in [0, 0.05) is 11.6 Å². The average molecular weight is 309 g/mol. The highest BCUT2D eigenvalue weighted by atomic mass is 32.2. The van der Waals surface area contributed by atoms with Crippen molar-refractivity contribution < 1.29 is 26.4 Å². The lowest BCUT2D eigenvalue weighted by molar-refractivity contribution is -0.137. The van der Waals surface area contributed by atoms with Gasteiger partial charge >= 0.3 is 6.18 Å². The molecule has 0 heterocycles. The Morgan fingerprint density at radius 1 is 1.25 bits per heavy atom. The minimum atomic E-state index is -4.44. The molecule has 0 saturated carbocycles. The second kappa shape index (κ2) is 5.92. The molecule has 0 fully saturated rings. The van der Waals surface area contributed by atoms with Crippen LogP contribution in [-0.2, 0) is 10.0 Å². The van der Waals surface area contributed by atoms with Gasteiger partial charge < -0.3 is 0 Å². The lowest BCUT2D eigenvalue weighted by atomic mass is 10.2. The van der Waals surface area contributed by atoms with Crippen molar-refractivity contribution in [3.8, 4) is 0 Å². The number of alkyl halides is 3. The molecule has 0 radical (unpaired) electrons. The molecular weight excluding hydrogens is 295 g/mol. The second-order valence-electron chi connectivity index (χ2n) is 4.42. The second-order valence-corrected chi connectivity index (χ2v) is 6.14. The highest BCUT2D eigenvalue weighted by Gasteiger charge is 2.31. The van der Waals surface area contributed by atoms with Gasteiger partial charge in [-0.05, 0) is 26.0 Å². The Kier molecular flexibility index (Phi) is 4.93. The van der Waals surface area contributed by atoms with Crippen LogP contribution >= 0.6 is 0 Å². The van der Waals surface area contributed by atoms with E-state index in [4.69, 9.17) is 0 Å². The normalized spacial score (nSPS) is 14.1. The van der Waals surface area contributed by atoms with Crippen LogP contribution in [0.3, 0.4) is 0 Å². The molecule has 8 heteroatoms. The van der Waals surface area contributed by atoms with Crippen LogP contribution in [0, 0.1) is 0 Å². The monoisotopic (exact) mass is 309 g/mol. The molecule has 0 aliphatic rings. The topological polar surface area (TPSA) is 63.2 Å². The molecule has 0 bridgehead atoms. The van der Waals surface area contributed by atoms with Gasteiger partial charge in [0.15, 0.2) is 5.78 Å². The predicted molar refractivity (Wildman–Crippen MR) is 66.9 cm³/mol. The number of carbonyl (C=O) groups excluding carboxylic acids is 1. The van der Waals surface area contributed by atoms with E-state index in [2.05, 4.69) is 0 Å². The molecule has 1 aromatic carbocycles. The Bertz CT molecular complexity index is 579. The first-order valence-electron chi connectivity index (χ1n) is 5.71. The molecule has 0 aromatic heterocycles. The van der Waals surface area contributed by atoms with E-state index in [-0.39, 0.29) is 10.7 Å². The van der Waals surface area contributed by atoms with E-state index in [1.807, 2.05) is 4.72 Å². The van der Waals surface area contributed by atoms with E-state index >= 15 is 0 Å². The summed E-state index contributed by atoms with van der Waals surface area (Å²) in [4.78, 5) is 10.9. The number of rotatable bonds is 5. The highest BCUT2D eigenvalue weighted by molar-refractivity contribution is 7.89. The molecule has 112 valence electrons. The first kappa shape index (κ1) is 16.6. The maximum absolute atomic E-state index is 12.2. The fourth-order valence-electron chi connectivity index (χ4n) is 1.59. The molecule has 1 unspecified atom stereocenters. The third-order valence-corrected chi connectivity index (χ3v) is 4.07. The van der Waals surface area contributed by atoms with Gasteiger partial charge in [0.1, 0.15) is 0 Å². The molecule has 1 rings (SSSR count). The molecule has 0 spiro atoms. The van der Waals surface area contributed by atoms with Gasteiger partial charge in [0.2, 0.25) is 10.0 Å². The lowest BCUT2D eigenvalue weighted by Crippen LogP contribution is -2.35. The van der Waals surface area contributed by atoms with Crippen LogP contribution < -0.4 is 4.72 Å². The van der Waals surface area contributed by atoms with Gasteiger partial charge in [0.25, 0.3) is 0 Å². The van der Waals surface area contributed by atoms with Gasteiger partial charge in [0.05, 0.1) is 11.3 Å². The Balaban J connectivity index is 2.86. The molecular formula is C12H14F3NO3S. The SMILES string of the molecule is CC(=O)c1ccc(S(=O)(=O)NC(C)CC(F)(F)F)cc1. The molecule has 0 aliphatic heterocycles. The summed E-state index contributed by atoms with van der Waals surface area (Å²) in [5, 5.41) is 0. The van der Waals surface area contributed by atoms with Gasteiger partial charge in [-0.25, -0.2) is 13.1 Å². The summed E-state index contributed by atoms with van der Waals surface area (Å²) in [5.41, 5.74) is 0.326. The van der Waals surface area contributed by atoms with Crippen LogP contribution in [0.1, 0.15) is 30.6 Å². The fourth-order valence-corrected chi connectivity index (χ4v) is 2.83. The van der Waals surface area contributed by atoms with Crippen molar-refractivity contribution in [2.75, 3.05) is 0 Å². The summed E-state index contributed by atoms with van der Waals surface area (Å²) in [5.74, 6) is -0.229. The minimum Gasteiger partial charge on any atom is -0.295 e. The Hall–Kier alpha value is -1.41. The van der Waals surface area contributed by atoms with Crippen LogP contribution in [0.4, 0.5) is 13.2 Å². The van der Waals surface area contributed by atoms with E-state index in [9.17, 15) is 26.4 Å². The van der Waals surface area contributed by atoms with Crippen LogP contribution in [0.2, 0.25) is 0 Å². The zero-order valence-electron chi connectivity index (χ0n) is 10.9. The molecule has 0 amide bonds. The van der Waals surface area contributed by atoms with Crippen molar-refractivity contribution in [2.24, 2.45) is 0 Å². The summed E-state index contributed by atoms with van der Waals surface area (Å²) in [6.45, 7) is 2.46. The molecule has 4 nitrogen and oxygen atoms in total. The van der Waals surface area contributed by atoms with E-state index in [0.29, 0.717) is 5.56 Å². The molecule has 0 aliphatic carbocycles. The van der Waals surface area contributed by atoms with Crippen molar-refractivity contribution >= 4 is 15.8 Å². The Morgan fingerprint density at radius 3 is 2.15 bits per heavy atom. The average Bonchev–Trinajstić information content (AvgIpc) is 2.25. The van der Waals surface area contributed by atoms with Crippen molar-refractivity contribution in [1.29, 1.82) is 0 Å². The van der Waals surface area contributed by atoms with Crippen LogP contribution in [-0.4, -0.2) is 26.4 Å². The molecule has 20 heavy (non-hydrogen) atoms. The number of nitrogens with one attached hydrogen (secondary N) is 1. The van der Waals surface area contributed by atoms with E-state index in [0.717, 1.165) is 6.92 Å². The van der Waals surface area contributed by atoms with Crippen LogP contribution in [0.5, 0.6) is 0 Å². The van der Waals surface area contributed by atoms with E-state index in [1.54, 1.807) is 0 Å². The van der Waals surface area contributed by atoms with Gasteiger partial charge in [-0.1, -0.05) is 12.1 Å². The summed E-state index contributed by atoms with van der Waals surface area (Å²) >= 11 is 0. The van der Waals surface area contributed by atoms with Crippen LogP contribution in [0.25, 0.3) is 0 Å². The largest absolute Gasteiger partial charge is 0.390 e. The molecule has 1 N–H and O–H groups in total. The molecule has 0 saturated heterocycles. The van der Waals surface area contributed by atoms with Crippen molar-refractivity contribution in [3.63, 3.8) is 0 Å². The van der Waals surface area contributed by atoms with Crippen molar-refractivity contribution in [1.82, 2.24) is 4.72 Å². The summed E-state index contributed by atoms with van der Waals surface area (Å²) in [6.07, 6.45) is -5.70. The minimum absolute atomic E-state index is 0.184. The number of hydrogen-bond acceptors (Lipinski definition) is 3. The van der Waals surface area contributed by atoms with Crippen molar-refractivity contribution in [2.45, 2.75) is 37.4 Å². The van der Waals surface area contributed by atoms with Gasteiger partial charge in [-0.2, -0.15) is 13.2 Å². The number of hydrogen-bond donors (Lipinski definition) is 1. The molecule has 1 atom stereocenters. The predicted octanol–water partition coefficient (Wildman–Crippen LogP) is 2.51. The number of ketones is 1. The Labute approximate surface area is 115 Å². The standard InChI is InChI=1S/C12H14F3NO3S/c1-8(7-12(13,14)15)16-20(18,19)11-5-3-10(4-6-11)9(2)17/h3-6,8,16H,7H2,1-2H3. The molecule has 1 aromatic rings.